The van der Waals surface area contributed by atoms with E-state index in [-0.39, 0.29) is 16.0 Å². The Hall–Kier alpha value is -1.49. The van der Waals surface area contributed by atoms with Crippen molar-refractivity contribution in [3.05, 3.63) is 24.0 Å². The number of nitrogens with zero attached hydrogens (tertiary/aromatic N) is 3. The maximum absolute atomic E-state index is 12.7. The van der Waals surface area contributed by atoms with Gasteiger partial charge in [-0.05, 0) is 30.5 Å². The Labute approximate surface area is 126 Å². The molecule has 1 heterocycles. The Morgan fingerprint density at radius 2 is 2.10 bits per heavy atom. The lowest BCUT2D eigenvalue weighted by Gasteiger charge is -2.30. The first-order valence-corrected chi connectivity index (χ1v) is 8.27. The van der Waals surface area contributed by atoms with E-state index in [1.165, 1.54) is 22.6 Å². The highest BCUT2D eigenvalue weighted by Crippen LogP contribution is 2.22. The van der Waals surface area contributed by atoms with Gasteiger partial charge in [0, 0.05) is 19.3 Å². The highest BCUT2D eigenvalue weighted by atomic mass is 32.2. The fraction of sp³-hybridized carbons (Fsp3) is 0.571. The smallest absolute Gasteiger partial charge is 0.244 e. The Balaban J connectivity index is 3.12. The van der Waals surface area contributed by atoms with Crippen molar-refractivity contribution in [1.29, 1.82) is 5.26 Å². The zero-order valence-electron chi connectivity index (χ0n) is 12.7. The fourth-order valence-electron chi connectivity index (χ4n) is 1.82. The van der Waals surface area contributed by atoms with Gasteiger partial charge in [-0.2, -0.15) is 9.57 Å². The largest absolute Gasteiger partial charge is 0.330 e. The van der Waals surface area contributed by atoms with E-state index in [1.54, 1.807) is 0 Å². The predicted octanol–water partition coefficient (Wildman–Crippen LogP) is 1.34. The average Bonchev–Trinajstić information content (AvgIpc) is 2.46. The minimum absolute atomic E-state index is 0.0998. The molecule has 0 radical (unpaired) electrons. The van der Waals surface area contributed by atoms with E-state index in [9.17, 15) is 8.42 Å². The monoisotopic (exact) mass is 310 g/mol. The third-order valence-electron chi connectivity index (χ3n) is 3.12. The third-order valence-corrected chi connectivity index (χ3v) is 4.95. The van der Waals surface area contributed by atoms with Gasteiger partial charge in [0.25, 0.3) is 0 Å². The van der Waals surface area contributed by atoms with Crippen molar-refractivity contribution in [1.82, 2.24) is 9.29 Å². The van der Waals surface area contributed by atoms with Crippen molar-refractivity contribution in [2.45, 2.75) is 32.1 Å². The van der Waals surface area contributed by atoms with Gasteiger partial charge in [-0.25, -0.2) is 13.4 Å². The summed E-state index contributed by atoms with van der Waals surface area (Å²) in [5, 5.41) is 8.72. The summed E-state index contributed by atoms with van der Waals surface area (Å²) < 4.78 is 26.8. The van der Waals surface area contributed by atoms with E-state index in [0.717, 1.165) is 0 Å². The molecule has 2 N–H and O–H groups in total. The van der Waals surface area contributed by atoms with Gasteiger partial charge in [0.15, 0.2) is 0 Å². The maximum Gasteiger partial charge on any atom is 0.244 e. The minimum atomic E-state index is -3.63. The molecule has 6 nitrogen and oxygen atoms in total. The zero-order valence-corrected chi connectivity index (χ0v) is 13.5. The van der Waals surface area contributed by atoms with Gasteiger partial charge in [-0.1, -0.05) is 20.8 Å². The average molecular weight is 310 g/mol. The highest BCUT2D eigenvalue weighted by molar-refractivity contribution is 7.89. The molecule has 116 valence electrons. The Morgan fingerprint density at radius 3 is 2.52 bits per heavy atom. The second kappa shape index (κ2) is 6.98. The topological polar surface area (TPSA) is 100 Å². The number of aromatic nitrogens is 1. The van der Waals surface area contributed by atoms with Crippen LogP contribution in [0.2, 0.25) is 0 Å². The Kier molecular flexibility index (Phi) is 5.84. The van der Waals surface area contributed by atoms with Gasteiger partial charge in [0.1, 0.15) is 16.7 Å². The summed E-state index contributed by atoms with van der Waals surface area (Å²) in [6.07, 6.45) is 1.94. The number of pyridine rings is 1. The van der Waals surface area contributed by atoms with Crippen molar-refractivity contribution < 1.29 is 8.42 Å². The highest BCUT2D eigenvalue weighted by Gasteiger charge is 2.29. The molecular formula is C14H22N4O2S. The zero-order chi connectivity index (χ0) is 16.1. The number of hydrogen-bond acceptors (Lipinski definition) is 5. The maximum atomic E-state index is 12.7. The molecule has 0 unspecified atom stereocenters. The predicted molar refractivity (Wildman–Crippen MR) is 80.8 cm³/mol. The van der Waals surface area contributed by atoms with Crippen LogP contribution in [0.3, 0.4) is 0 Å². The number of rotatable bonds is 7. The molecule has 0 aromatic carbocycles. The van der Waals surface area contributed by atoms with Crippen molar-refractivity contribution in [3.63, 3.8) is 0 Å². The molecular weight excluding hydrogens is 288 g/mol. The summed E-state index contributed by atoms with van der Waals surface area (Å²) in [6.45, 7) is 6.96. The van der Waals surface area contributed by atoms with E-state index < -0.39 is 10.0 Å². The van der Waals surface area contributed by atoms with Gasteiger partial charge < -0.3 is 5.73 Å². The van der Waals surface area contributed by atoms with Crippen LogP contribution >= 0.6 is 0 Å². The van der Waals surface area contributed by atoms with Crippen LogP contribution < -0.4 is 5.73 Å². The van der Waals surface area contributed by atoms with Crippen LogP contribution in [0.4, 0.5) is 0 Å². The molecule has 0 amide bonds. The molecule has 0 spiro atoms. The summed E-state index contributed by atoms with van der Waals surface area (Å²) in [5.74, 6) is 0. The summed E-state index contributed by atoms with van der Waals surface area (Å²) in [6, 6.07) is 4.69. The van der Waals surface area contributed by atoms with Crippen molar-refractivity contribution in [3.8, 4) is 6.07 Å². The minimum Gasteiger partial charge on any atom is -0.330 e. The lowest BCUT2D eigenvalue weighted by molar-refractivity contribution is 0.266. The lowest BCUT2D eigenvalue weighted by Crippen LogP contribution is -2.42. The summed E-state index contributed by atoms with van der Waals surface area (Å²) in [4.78, 5) is 3.93. The molecule has 0 saturated heterocycles. The summed E-state index contributed by atoms with van der Waals surface area (Å²) in [5.41, 5.74) is 5.59. The molecule has 1 aromatic heterocycles. The van der Waals surface area contributed by atoms with E-state index in [2.05, 4.69) is 4.98 Å². The van der Waals surface area contributed by atoms with E-state index >= 15 is 0 Å². The molecule has 7 heteroatoms. The van der Waals surface area contributed by atoms with Crippen LogP contribution in [0.25, 0.3) is 0 Å². The van der Waals surface area contributed by atoms with E-state index in [0.29, 0.717) is 26.1 Å². The van der Waals surface area contributed by atoms with Gasteiger partial charge in [-0.3, -0.25) is 0 Å². The molecule has 0 fully saturated rings. The Bertz CT molecular complexity index is 603. The lowest BCUT2D eigenvalue weighted by atomic mass is 9.94. The van der Waals surface area contributed by atoms with Crippen LogP contribution in [0, 0.1) is 16.7 Å². The number of nitrogens with two attached hydrogens (primary N) is 1. The fourth-order valence-corrected chi connectivity index (χ4v) is 3.49. The standard InChI is InChI=1S/C14H22N4O2S/c1-4-7-18(11-14(2,3)10-16)21(19,20)13-6-5-12(8-15)17-9-13/h5-6,9H,4,7,10-11,16H2,1-3H3. The molecule has 0 aliphatic rings. The second-order valence-electron chi connectivity index (χ2n) is 5.70. The van der Waals surface area contributed by atoms with E-state index in [1.807, 2.05) is 26.8 Å². The number of hydrogen-bond donors (Lipinski definition) is 1. The van der Waals surface area contributed by atoms with Gasteiger partial charge in [0.2, 0.25) is 10.0 Å². The first-order valence-electron chi connectivity index (χ1n) is 6.83. The number of nitriles is 1. The van der Waals surface area contributed by atoms with Crippen molar-refractivity contribution >= 4 is 10.0 Å². The molecule has 1 aromatic rings. The van der Waals surface area contributed by atoms with Crippen LogP contribution in [-0.2, 0) is 10.0 Å². The molecule has 0 aliphatic heterocycles. The SMILES string of the molecule is CCCN(CC(C)(C)CN)S(=O)(=O)c1ccc(C#N)nc1. The van der Waals surface area contributed by atoms with Crippen molar-refractivity contribution in [2.24, 2.45) is 11.1 Å². The number of sulfonamides is 1. The molecule has 1 rings (SSSR count). The van der Waals surface area contributed by atoms with Crippen LogP contribution in [0.1, 0.15) is 32.9 Å². The van der Waals surface area contributed by atoms with Crippen LogP contribution in [-0.4, -0.2) is 37.3 Å². The van der Waals surface area contributed by atoms with Crippen LogP contribution in [0.5, 0.6) is 0 Å². The molecule has 0 saturated carbocycles. The first kappa shape index (κ1) is 17.6. The summed E-state index contributed by atoms with van der Waals surface area (Å²) >= 11 is 0. The van der Waals surface area contributed by atoms with Gasteiger partial charge >= 0.3 is 0 Å². The third kappa shape index (κ3) is 4.49. The first-order chi connectivity index (χ1) is 9.76. The van der Waals surface area contributed by atoms with Gasteiger partial charge in [0.05, 0.1) is 0 Å². The molecule has 0 aliphatic carbocycles. The Morgan fingerprint density at radius 1 is 1.43 bits per heavy atom. The van der Waals surface area contributed by atoms with Crippen molar-refractivity contribution in [2.75, 3.05) is 19.6 Å². The van der Waals surface area contributed by atoms with Gasteiger partial charge in [-0.15, -0.1) is 0 Å². The molecule has 21 heavy (non-hydrogen) atoms. The summed E-state index contributed by atoms with van der Waals surface area (Å²) in [7, 11) is -3.63. The second-order valence-corrected chi connectivity index (χ2v) is 7.64. The van der Waals surface area contributed by atoms with Crippen LogP contribution in [0.15, 0.2) is 23.2 Å². The van der Waals surface area contributed by atoms with E-state index in [4.69, 9.17) is 11.0 Å². The quantitative estimate of drug-likeness (QED) is 0.819. The molecule has 0 atom stereocenters. The normalized spacial score (nSPS) is 12.4. The molecule has 0 bridgehead atoms.